The average molecular weight is 352 g/mol. The number of hydrogen-bond donors (Lipinski definition) is 2. The highest BCUT2D eigenvalue weighted by atomic mass is 79.9. The van der Waals surface area contributed by atoms with E-state index < -0.39 is 5.82 Å². The van der Waals surface area contributed by atoms with Crippen LogP contribution in [0.25, 0.3) is 0 Å². The van der Waals surface area contributed by atoms with Gasteiger partial charge in [-0.2, -0.15) is 0 Å². The van der Waals surface area contributed by atoms with Gasteiger partial charge in [0.2, 0.25) is 0 Å². The van der Waals surface area contributed by atoms with Crippen LogP contribution in [0.15, 0.2) is 22.7 Å². The maximum atomic E-state index is 13.6. The summed E-state index contributed by atoms with van der Waals surface area (Å²) in [5.74, 6) is -0.831. The van der Waals surface area contributed by atoms with Crippen molar-refractivity contribution in [2.45, 2.75) is 31.8 Å². The van der Waals surface area contributed by atoms with Crippen LogP contribution in [0.2, 0.25) is 0 Å². The summed E-state index contributed by atoms with van der Waals surface area (Å²) in [7, 11) is 0. The van der Waals surface area contributed by atoms with Crippen LogP contribution >= 0.6 is 28.3 Å². The molecule has 6 heteroatoms. The van der Waals surface area contributed by atoms with E-state index in [1.165, 1.54) is 12.1 Å². The smallest absolute Gasteiger partial charge is 0.254 e. The number of halogens is 3. The molecule has 1 amide bonds. The molecule has 0 radical (unpaired) electrons. The Morgan fingerprint density at radius 3 is 2.89 bits per heavy atom. The van der Waals surface area contributed by atoms with Crippen LogP contribution in [-0.2, 0) is 0 Å². The van der Waals surface area contributed by atoms with Crippen LogP contribution in [-0.4, -0.2) is 24.5 Å². The molecule has 1 aromatic rings. The van der Waals surface area contributed by atoms with Crippen molar-refractivity contribution in [1.82, 2.24) is 10.6 Å². The molecule has 1 aliphatic rings. The minimum atomic E-state index is -0.496. The SMILES string of the molecule is CC1CC(NC(=O)c2ccc(Br)cc2F)CCN1.Cl. The maximum absolute atomic E-state index is 13.6. The quantitative estimate of drug-likeness (QED) is 0.860. The molecule has 0 aliphatic carbocycles. The predicted molar refractivity (Wildman–Crippen MR) is 79.3 cm³/mol. The molecule has 0 spiro atoms. The van der Waals surface area contributed by atoms with Crippen molar-refractivity contribution in [3.8, 4) is 0 Å². The number of benzene rings is 1. The number of hydrogen-bond acceptors (Lipinski definition) is 2. The van der Waals surface area contributed by atoms with Gasteiger partial charge in [-0.15, -0.1) is 12.4 Å². The Morgan fingerprint density at radius 2 is 2.26 bits per heavy atom. The first-order valence-electron chi connectivity index (χ1n) is 6.05. The first-order chi connectivity index (χ1) is 8.56. The molecule has 1 heterocycles. The maximum Gasteiger partial charge on any atom is 0.254 e. The summed E-state index contributed by atoms with van der Waals surface area (Å²) in [6.07, 6.45) is 1.76. The molecular weight excluding hydrogens is 335 g/mol. The van der Waals surface area contributed by atoms with E-state index in [9.17, 15) is 9.18 Å². The molecule has 2 unspecified atom stereocenters. The van der Waals surface area contributed by atoms with Crippen LogP contribution in [0.1, 0.15) is 30.1 Å². The molecule has 0 bridgehead atoms. The van der Waals surface area contributed by atoms with Gasteiger partial charge in [-0.1, -0.05) is 15.9 Å². The van der Waals surface area contributed by atoms with Gasteiger partial charge in [0.05, 0.1) is 5.56 Å². The third kappa shape index (κ3) is 4.44. The van der Waals surface area contributed by atoms with Crippen molar-refractivity contribution >= 4 is 34.2 Å². The van der Waals surface area contributed by atoms with E-state index in [-0.39, 0.29) is 29.9 Å². The van der Waals surface area contributed by atoms with E-state index in [4.69, 9.17) is 0 Å². The highest BCUT2D eigenvalue weighted by Gasteiger charge is 2.21. The van der Waals surface area contributed by atoms with Crippen molar-refractivity contribution in [3.63, 3.8) is 0 Å². The topological polar surface area (TPSA) is 41.1 Å². The third-order valence-corrected chi connectivity index (χ3v) is 3.63. The summed E-state index contributed by atoms with van der Waals surface area (Å²) in [6, 6.07) is 4.98. The second kappa shape index (κ2) is 7.22. The van der Waals surface area contributed by atoms with Crippen LogP contribution in [0.4, 0.5) is 4.39 Å². The van der Waals surface area contributed by atoms with Crippen molar-refractivity contribution in [3.05, 3.63) is 34.1 Å². The van der Waals surface area contributed by atoms with Gasteiger partial charge in [0.1, 0.15) is 5.82 Å². The highest BCUT2D eigenvalue weighted by molar-refractivity contribution is 9.10. The van der Waals surface area contributed by atoms with Crippen LogP contribution in [0.3, 0.4) is 0 Å². The van der Waals surface area contributed by atoms with Crippen molar-refractivity contribution in [2.24, 2.45) is 0 Å². The number of carbonyl (C=O) groups excluding carboxylic acids is 1. The van der Waals surface area contributed by atoms with E-state index in [0.717, 1.165) is 19.4 Å². The Morgan fingerprint density at radius 1 is 1.53 bits per heavy atom. The summed E-state index contributed by atoms with van der Waals surface area (Å²) in [4.78, 5) is 12.0. The molecule has 1 fully saturated rings. The monoisotopic (exact) mass is 350 g/mol. The standard InChI is InChI=1S/C13H16BrFN2O.ClH/c1-8-6-10(4-5-16-8)17-13(18)11-3-2-9(14)7-12(11)15;/h2-3,7-8,10,16H,4-6H2,1H3,(H,17,18);1H. The summed E-state index contributed by atoms with van der Waals surface area (Å²) >= 11 is 3.17. The van der Waals surface area contributed by atoms with E-state index >= 15 is 0 Å². The Bertz CT molecular complexity index is 458. The molecule has 106 valence electrons. The average Bonchev–Trinajstić information content (AvgIpc) is 2.28. The fourth-order valence-corrected chi connectivity index (χ4v) is 2.53. The normalized spacial score (nSPS) is 22.5. The lowest BCUT2D eigenvalue weighted by atomic mass is 10.0. The van der Waals surface area contributed by atoms with Crippen molar-refractivity contribution < 1.29 is 9.18 Å². The van der Waals surface area contributed by atoms with Gasteiger partial charge in [0, 0.05) is 16.6 Å². The zero-order valence-corrected chi connectivity index (χ0v) is 13.0. The van der Waals surface area contributed by atoms with E-state index in [0.29, 0.717) is 10.5 Å². The lowest BCUT2D eigenvalue weighted by Crippen LogP contribution is -2.46. The Kier molecular flexibility index (Phi) is 6.23. The van der Waals surface area contributed by atoms with Gasteiger partial charge in [0.25, 0.3) is 5.91 Å². The highest BCUT2D eigenvalue weighted by Crippen LogP contribution is 2.16. The van der Waals surface area contributed by atoms with E-state index in [2.05, 4.69) is 33.5 Å². The van der Waals surface area contributed by atoms with Crippen LogP contribution in [0, 0.1) is 5.82 Å². The Labute approximate surface area is 126 Å². The first-order valence-corrected chi connectivity index (χ1v) is 6.85. The Hall–Kier alpha value is -0.650. The van der Waals surface area contributed by atoms with Crippen LogP contribution < -0.4 is 10.6 Å². The minimum Gasteiger partial charge on any atom is -0.349 e. The van der Waals surface area contributed by atoms with Crippen molar-refractivity contribution in [2.75, 3.05) is 6.54 Å². The fraction of sp³-hybridized carbons (Fsp3) is 0.462. The molecule has 2 rings (SSSR count). The Balaban J connectivity index is 0.00000180. The molecule has 1 saturated heterocycles. The number of piperidine rings is 1. The second-order valence-corrected chi connectivity index (χ2v) is 5.59. The second-order valence-electron chi connectivity index (χ2n) is 4.67. The molecule has 1 aromatic carbocycles. The molecule has 19 heavy (non-hydrogen) atoms. The van der Waals surface area contributed by atoms with Crippen LogP contribution in [0.5, 0.6) is 0 Å². The van der Waals surface area contributed by atoms with E-state index in [1.807, 2.05) is 0 Å². The van der Waals surface area contributed by atoms with E-state index in [1.54, 1.807) is 6.07 Å². The fourth-order valence-electron chi connectivity index (χ4n) is 2.20. The zero-order valence-electron chi connectivity index (χ0n) is 10.6. The van der Waals surface area contributed by atoms with Gasteiger partial charge in [-0.05, 0) is 44.5 Å². The van der Waals surface area contributed by atoms with Crippen molar-refractivity contribution in [1.29, 1.82) is 0 Å². The summed E-state index contributed by atoms with van der Waals surface area (Å²) in [6.45, 7) is 2.97. The minimum absolute atomic E-state index is 0. The van der Waals surface area contributed by atoms with Gasteiger partial charge in [-0.25, -0.2) is 4.39 Å². The number of carbonyl (C=O) groups is 1. The molecule has 0 aromatic heterocycles. The molecule has 0 saturated carbocycles. The van der Waals surface area contributed by atoms with Gasteiger partial charge in [-0.3, -0.25) is 4.79 Å². The number of rotatable bonds is 2. The van der Waals surface area contributed by atoms with Gasteiger partial charge >= 0.3 is 0 Å². The predicted octanol–water partition coefficient (Wildman–Crippen LogP) is 2.88. The molecule has 2 N–H and O–H groups in total. The summed E-state index contributed by atoms with van der Waals surface area (Å²) in [5.41, 5.74) is 0.101. The lowest BCUT2D eigenvalue weighted by molar-refractivity contribution is 0.0921. The van der Waals surface area contributed by atoms with Gasteiger partial charge < -0.3 is 10.6 Å². The van der Waals surface area contributed by atoms with Gasteiger partial charge in [0.15, 0.2) is 0 Å². The summed E-state index contributed by atoms with van der Waals surface area (Å²) < 4.78 is 14.3. The summed E-state index contributed by atoms with van der Waals surface area (Å²) in [5, 5.41) is 6.20. The number of nitrogens with one attached hydrogen (secondary N) is 2. The largest absolute Gasteiger partial charge is 0.349 e. The molecular formula is C13H17BrClFN2O. The molecule has 2 atom stereocenters. The molecule has 1 aliphatic heterocycles. The lowest BCUT2D eigenvalue weighted by Gasteiger charge is -2.28. The molecule has 3 nitrogen and oxygen atoms in total. The number of amides is 1. The third-order valence-electron chi connectivity index (χ3n) is 3.13. The zero-order chi connectivity index (χ0) is 13.1. The first kappa shape index (κ1) is 16.4.